The van der Waals surface area contributed by atoms with Gasteiger partial charge in [0, 0.05) is 43.0 Å². The molecule has 2 saturated carbocycles. The summed E-state index contributed by atoms with van der Waals surface area (Å²) in [6.07, 6.45) is 0.900. The lowest BCUT2D eigenvalue weighted by molar-refractivity contribution is -0.168. The third-order valence-corrected chi connectivity index (χ3v) is 6.44. The maximum absolute atomic E-state index is 12.6. The van der Waals surface area contributed by atoms with Crippen LogP contribution in [0.3, 0.4) is 0 Å². The van der Waals surface area contributed by atoms with Crippen LogP contribution < -0.4 is 10.6 Å². The number of nitrogens with zero attached hydrogens (tertiary/aromatic N) is 2. The van der Waals surface area contributed by atoms with E-state index in [0.29, 0.717) is 30.1 Å². The monoisotopic (exact) mass is 404 g/mol. The molecule has 0 amide bonds. The molecule has 0 bridgehead atoms. The summed E-state index contributed by atoms with van der Waals surface area (Å²) in [5, 5.41) is 8.26. The average Bonchev–Trinajstić information content (AvgIpc) is 3.01. The molecule has 9 heteroatoms. The molecule has 1 aromatic heterocycles. The van der Waals surface area contributed by atoms with Gasteiger partial charge in [0.1, 0.15) is 0 Å². The van der Waals surface area contributed by atoms with Crippen molar-refractivity contribution in [3.63, 3.8) is 0 Å². The lowest BCUT2D eigenvalue weighted by atomic mass is 9.51. The van der Waals surface area contributed by atoms with E-state index in [0.717, 1.165) is 42.2 Å². The molecular weight excluding hydrogens is 377 g/mol. The number of thiazole rings is 1. The number of aliphatic imine (C=N–C) groups is 1. The third kappa shape index (κ3) is 4.39. The molecule has 27 heavy (non-hydrogen) atoms. The van der Waals surface area contributed by atoms with Gasteiger partial charge in [-0.3, -0.25) is 4.99 Å². The minimum Gasteiger partial charge on any atom is -0.378 e. The molecule has 2 atom stereocenters. The summed E-state index contributed by atoms with van der Waals surface area (Å²) in [6.45, 7) is 5.89. The van der Waals surface area contributed by atoms with E-state index < -0.39 is 11.9 Å². The largest absolute Gasteiger partial charge is 0.434 e. The van der Waals surface area contributed by atoms with Crippen LogP contribution >= 0.6 is 11.3 Å². The molecule has 2 N–H and O–H groups in total. The first-order valence-corrected chi connectivity index (χ1v) is 10.4. The van der Waals surface area contributed by atoms with Crippen LogP contribution in [-0.2, 0) is 17.3 Å². The molecule has 152 valence electrons. The number of alkyl halides is 3. The Labute approximate surface area is 161 Å². The third-order valence-electron chi connectivity index (χ3n) is 5.53. The smallest absolute Gasteiger partial charge is 0.378 e. The second kappa shape index (κ2) is 8.34. The van der Waals surface area contributed by atoms with Crippen LogP contribution in [0.15, 0.2) is 10.4 Å². The molecule has 0 radical (unpaired) electrons. The van der Waals surface area contributed by atoms with Gasteiger partial charge in [0.2, 0.25) is 0 Å². The molecule has 2 aliphatic carbocycles. The molecule has 1 heterocycles. The highest BCUT2D eigenvalue weighted by atomic mass is 32.1. The second-order valence-electron chi connectivity index (χ2n) is 7.10. The zero-order chi connectivity index (χ0) is 19.5. The molecule has 2 unspecified atom stereocenters. The van der Waals surface area contributed by atoms with Gasteiger partial charge in [-0.15, -0.1) is 11.3 Å². The number of halogens is 3. The molecule has 0 aliphatic heterocycles. The Hall–Kier alpha value is -1.35. The normalized spacial score (nSPS) is 24.4. The number of hydrogen-bond acceptors (Lipinski definition) is 4. The van der Waals surface area contributed by atoms with Crippen molar-refractivity contribution in [3.8, 4) is 0 Å². The van der Waals surface area contributed by atoms with Crippen molar-refractivity contribution in [1.82, 2.24) is 15.6 Å². The lowest BCUT2D eigenvalue weighted by Crippen LogP contribution is -2.68. The highest BCUT2D eigenvalue weighted by molar-refractivity contribution is 7.09. The summed E-state index contributed by atoms with van der Waals surface area (Å²) in [5.74, 6) is 0.719. The second-order valence-corrected chi connectivity index (χ2v) is 8.04. The zero-order valence-corrected chi connectivity index (χ0v) is 16.6. The Kier molecular flexibility index (Phi) is 6.30. The fourth-order valence-electron chi connectivity index (χ4n) is 3.95. The molecule has 3 rings (SSSR count). The molecular formula is C18H27F3N4OS. The maximum Gasteiger partial charge on any atom is 0.434 e. The van der Waals surface area contributed by atoms with Gasteiger partial charge < -0.3 is 15.4 Å². The topological polar surface area (TPSA) is 58.5 Å². The fraction of sp³-hybridized carbons (Fsp3) is 0.778. The average molecular weight is 405 g/mol. The van der Waals surface area contributed by atoms with E-state index in [1.54, 1.807) is 0 Å². The van der Waals surface area contributed by atoms with Crippen LogP contribution in [0.5, 0.6) is 0 Å². The Morgan fingerprint density at radius 3 is 2.74 bits per heavy atom. The molecule has 1 spiro atoms. The standard InChI is InChI=1S/C18H27F3N4OS/c1-3-22-16(23-9-6-15-24-13(11-27-15)18(19,20)21)25-12-10-14(26-4-2)17(12)7-5-8-17/h11-12,14H,3-10H2,1-2H3,(H2,22,23,25). The minimum absolute atomic E-state index is 0.225. The number of guanidine groups is 1. The van der Waals surface area contributed by atoms with E-state index in [1.165, 1.54) is 19.3 Å². The first-order valence-electron chi connectivity index (χ1n) is 9.57. The molecule has 0 saturated heterocycles. The van der Waals surface area contributed by atoms with Crippen molar-refractivity contribution >= 4 is 17.3 Å². The minimum atomic E-state index is -4.38. The van der Waals surface area contributed by atoms with Crippen LogP contribution in [0.4, 0.5) is 13.2 Å². The van der Waals surface area contributed by atoms with Gasteiger partial charge in [-0.1, -0.05) is 6.42 Å². The van der Waals surface area contributed by atoms with Crippen LogP contribution in [0.25, 0.3) is 0 Å². The number of hydrogen-bond donors (Lipinski definition) is 2. The Balaban J connectivity index is 1.55. The lowest BCUT2D eigenvalue weighted by Gasteiger charge is -2.61. The predicted molar refractivity (Wildman–Crippen MR) is 100 cm³/mol. The maximum atomic E-state index is 12.6. The molecule has 0 aromatic carbocycles. The van der Waals surface area contributed by atoms with E-state index in [9.17, 15) is 13.2 Å². The first-order chi connectivity index (χ1) is 12.9. The van der Waals surface area contributed by atoms with E-state index in [2.05, 4.69) is 20.6 Å². The van der Waals surface area contributed by atoms with E-state index in [4.69, 9.17) is 4.74 Å². The van der Waals surface area contributed by atoms with E-state index in [-0.39, 0.29) is 5.41 Å². The van der Waals surface area contributed by atoms with Crippen molar-refractivity contribution in [1.29, 1.82) is 0 Å². The summed E-state index contributed by atoms with van der Waals surface area (Å²) >= 11 is 1.03. The molecule has 5 nitrogen and oxygen atoms in total. The summed E-state index contributed by atoms with van der Waals surface area (Å²) in [6, 6.07) is 0.345. The predicted octanol–water partition coefficient (Wildman–Crippen LogP) is 3.61. The van der Waals surface area contributed by atoms with Gasteiger partial charge in [0.25, 0.3) is 0 Å². The van der Waals surface area contributed by atoms with Crippen molar-refractivity contribution in [2.75, 3.05) is 19.7 Å². The van der Waals surface area contributed by atoms with Crippen molar-refractivity contribution in [2.24, 2.45) is 10.4 Å². The van der Waals surface area contributed by atoms with Gasteiger partial charge >= 0.3 is 6.18 Å². The molecule has 1 aromatic rings. The summed E-state index contributed by atoms with van der Waals surface area (Å²) in [4.78, 5) is 8.19. The number of ether oxygens (including phenoxy) is 1. The quantitative estimate of drug-likeness (QED) is 0.539. The number of aromatic nitrogens is 1. The van der Waals surface area contributed by atoms with Crippen LogP contribution in [0.2, 0.25) is 0 Å². The summed E-state index contributed by atoms with van der Waals surface area (Å²) < 4.78 is 43.8. The van der Waals surface area contributed by atoms with Crippen molar-refractivity contribution in [3.05, 3.63) is 16.1 Å². The van der Waals surface area contributed by atoms with Gasteiger partial charge in [-0.05, 0) is 33.1 Å². The first kappa shape index (κ1) is 20.4. The van der Waals surface area contributed by atoms with Crippen LogP contribution in [0, 0.1) is 5.41 Å². The fourth-order valence-corrected chi connectivity index (χ4v) is 4.74. The van der Waals surface area contributed by atoms with Crippen LogP contribution in [0.1, 0.15) is 50.2 Å². The SMILES string of the molecule is CCNC(=NCCc1nc(C(F)(F)F)cs1)NC1CC(OCC)C12CCC2. The molecule has 2 fully saturated rings. The van der Waals surface area contributed by atoms with Gasteiger partial charge in [0.15, 0.2) is 11.7 Å². The summed E-state index contributed by atoms with van der Waals surface area (Å²) in [5.41, 5.74) is -0.594. The highest BCUT2D eigenvalue weighted by Gasteiger charge is 2.59. The number of rotatable bonds is 7. The van der Waals surface area contributed by atoms with Crippen molar-refractivity contribution in [2.45, 2.75) is 64.3 Å². The Bertz CT molecular complexity index is 657. The summed E-state index contributed by atoms with van der Waals surface area (Å²) in [7, 11) is 0. The van der Waals surface area contributed by atoms with Gasteiger partial charge in [-0.25, -0.2) is 4.98 Å². The number of nitrogens with one attached hydrogen (secondary N) is 2. The van der Waals surface area contributed by atoms with Gasteiger partial charge in [-0.2, -0.15) is 13.2 Å². The van der Waals surface area contributed by atoms with Crippen LogP contribution in [-0.4, -0.2) is 42.8 Å². The molecule has 2 aliphatic rings. The van der Waals surface area contributed by atoms with E-state index >= 15 is 0 Å². The Morgan fingerprint density at radius 1 is 1.41 bits per heavy atom. The van der Waals surface area contributed by atoms with Crippen molar-refractivity contribution < 1.29 is 17.9 Å². The Morgan fingerprint density at radius 2 is 2.19 bits per heavy atom. The zero-order valence-electron chi connectivity index (χ0n) is 15.7. The highest BCUT2D eigenvalue weighted by Crippen LogP contribution is 2.57. The van der Waals surface area contributed by atoms with Gasteiger partial charge in [0.05, 0.1) is 11.1 Å². The van der Waals surface area contributed by atoms with E-state index in [1.807, 2.05) is 13.8 Å².